The Hall–Kier alpha value is -0.380. The van der Waals surface area contributed by atoms with Crippen molar-refractivity contribution in [3.63, 3.8) is 0 Å². The molecule has 0 bridgehead atoms. The Morgan fingerprint density at radius 3 is 2.67 bits per heavy atom. The average molecular weight is 230 g/mol. The van der Waals surface area contributed by atoms with Gasteiger partial charge in [-0.05, 0) is 18.1 Å². The van der Waals surface area contributed by atoms with Gasteiger partial charge in [0.2, 0.25) is 0 Å². The topological polar surface area (TPSA) is 46.2 Å². The zero-order chi connectivity index (χ0) is 8.97. The Balaban J connectivity index is 2.69. The fourth-order valence-corrected chi connectivity index (χ4v) is 1.46. The van der Waals surface area contributed by atoms with Crippen LogP contribution in [0.3, 0.4) is 0 Å². The molecule has 0 aliphatic rings. The van der Waals surface area contributed by atoms with Crippen molar-refractivity contribution in [2.75, 3.05) is 6.61 Å². The second-order valence-corrected chi connectivity index (χ2v) is 3.59. The summed E-state index contributed by atoms with van der Waals surface area (Å²) in [5, 5.41) is 8.75. The van der Waals surface area contributed by atoms with Crippen LogP contribution in [0.25, 0.3) is 0 Å². The Kier molecular flexibility index (Phi) is 3.72. The predicted octanol–water partition coefficient (Wildman–Crippen LogP) is 1.31. The molecule has 1 aromatic carbocycles. The molecule has 2 nitrogen and oxygen atoms in total. The summed E-state index contributed by atoms with van der Waals surface area (Å²) in [7, 11) is 0. The van der Waals surface area contributed by atoms with Gasteiger partial charge in [0.1, 0.15) is 0 Å². The molecule has 0 aliphatic heterocycles. The maximum absolute atomic E-state index is 8.75. The highest BCUT2D eigenvalue weighted by atomic mass is 79.9. The van der Waals surface area contributed by atoms with Gasteiger partial charge in [0.15, 0.2) is 0 Å². The standard InChI is InChI=1S/C9H12BrNO/c10-9-4-2-1-3-7(9)5-8(11)6-12/h1-4,8,12H,5-6,11H2. The molecule has 66 valence electrons. The van der Waals surface area contributed by atoms with E-state index in [9.17, 15) is 0 Å². The molecule has 12 heavy (non-hydrogen) atoms. The van der Waals surface area contributed by atoms with E-state index in [0.29, 0.717) is 6.42 Å². The first-order valence-electron chi connectivity index (χ1n) is 3.84. The molecule has 0 amide bonds. The molecule has 0 saturated carbocycles. The molecule has 0 fully saturated rings. The van der Waals surface area contributed by atoms with Crippen LogP contribution in [0.1, 0.15) is 5.56 Å². The molecular formula is C9H12BrNO. The molecule has 1 unspecified atom stereocenters. The first-order chi connectivity index (χ1) is 5.74. The number of aliphatic hydroxyl groups is 1. The lowest BCUT2D eigenvalue weighted by atomic mass is 10.1. The maximum Gasteiger partial charge on any atom is 0.0585 e. The molecule has 0 saturated heterocycles. The van der Waals surface area contributed by atoms with Gasteiger partial charge >= 0.3 is 0 Å². The summed E-state index contributed by atoms with van der Waals surface area (Å²) in [5.41, 5.74) is 6.74. The van der Waals surface area contributed by atoms with Crippen molar-refractivity contribution in [1.29, 1.82) is 0 Å². The summed E-state index contributed by atoms with van der Waals surface area (Å²) in [6.07, 6.45) is 0.706. The van der Waals surface area contributed by atoms with Crippen LogP contribution in [-0.4, -0.2) is 17.8 Å². The zero-order valence-electron chi connectivity index (χ0n) is 6.70. The van der Waals surface area contributed by atoms with Crippen molar-refractivity contribution in [3.8, 4) is 0 Å². The first-order valence-corrected chi connectivity index (χ1v) is 4.63. The van der Waals surface area contributed by atoms with Gasteiger partial charge in [-0.3, -0.25) is 0 Å². The molecule has 0 aromatic heterocycles. The zero-order valence-corrected chi connectivity index (χ0v) is 8.29. The molecule has 0 aliphatic carbocycles. The minimum absolute atomic E-state index is 0.0291. The van der Waals surface area contributed by atoms with Crippen LogP contribution in [0.4, 0.5) is 0 Å². The van der Waals surface area contributed by atoms with E-state index in [4.69, 9.17) is 10.8 Å². The number of aliphatic hydroxyl groups excluding tert-OH is 1. The number of rotatable bonds is 3. The van der Waals surface area contributed by atoms with Crippen molar-refractivity contribution in [1.82, 2.24) is 0 Å². The third-order valence-electron chi connectivity index (χ3n) is 1.67. The Labute approximate surface area is 80.5 Å². The summed E-state index contributed by atoms with van der Waals surface area (Å²) in [4.78, 5) is 0. The summed E-state index contributed by atoms with van der Waals surface area (Å²) in [6.45, 7) is 0.0291. The second kappa shape index (κ2) is 4.60. The number of hydrogen-bond donors (Lipinski definition) is 2. The van der Waals surface area contributed by atoms with E-state index in [1.54, 1.807) is 0 Å². The highest BCUT2D eigenvalue weighted by molar-refractivity contribution is 9.10. The average Bonchev–Trinajstić information content (AvgIpc) is 2.09. The largest absolute Gasteiger partial charge is 0.395 e. The molecule has 0 spiro atoms. The monoisotopic (exact) mass is 229 g/mol. The molecular weight excluding hydrogens is 218 g/mol. The van der Waals surface area contributed by atoms with Gasteiger partial charge in [0.25, 0.3) is 0 Å². The highest BCUT2D eigenvalue weighted by Gasteiger charge is 2.04. The molecule has 1 atom stereocenters. The minimum Gasteiger partial charge on any atom is -0.395 e. The van der Waals surface area contributed by atoms with Crippen LogP contribution in [0, 0.1) is 0 Å². The van der Waals surface area contributed by atoms with Crippen LogP contribution in [0.15, 0.2) is 28.7 Å². The first kappa shape index (κ1) is 9.71. The van der Waals surface area contributed by atoms with Crippen LogP contribution < -0.4 is 5.73 Å². The quantitative estimate of drug-likeness (QED) is 0.822. The number of halogens is 1. The second-order valence-electron chi connectivity index (χ2n) is 2.74. The van der Waals surface area contributed by atoms with E-state index in [-0.39, 0.29) is 12.6 Å². The third-order valence-corrected chi connectivity index (χ3v) is 2.45. The van der Waals surface area contributed by atoms with Gasteiger partial charge in [-0.15, -0.1) is 0 Å². The van der Waals surface area contributed by atoms with Gasteiger partial charge in [-0.25, -0.2) is 0 Å². The van der Waals surface area contributed by atoms with E-state index in [2.05, 4.69) is 15.9 Å². The van der Waals surface area contributed by atoms with Crippen molar-refractivity contribution >= 4 is 15.9 Å². The number of hydrogen-bond acceptors (Lipinski definition) is 2. The number of nitrogens with two attached hydrogens (primary N) is 1. The highest BCUT2D eigenvalue weighted by Crippen LogP contribution is 2.16. The lowest BCUT2D eigenvalue weighted by molar-refractivity contribution is 0.265. The molecule has 0 heterocycles. The molecule has 0 radical (unpaired) electrons. The molecule has 3 heteroatoms. The van der Waals surface area contributed by atoms with E-state index >= 15 is 0 Å². The lowest BCUT2D eigenvalue weighted by Gasteiger charge is -2.08. The molecule has 1 rings (SSSR count). The molecule has 1 aromatic rings. The van der Waals surface area contributed by atoms with Gasteiger partial charge in [-0.2, -0.15) is 0 Å². The summed E-state index contributed by atoms with van der Waals surface area (Å²) >= 11 is 3.42. The van der Waals surface area contributed by atoms with Gasteiger partial charge in [0.05, 0.1) is 6.61 Å². The van der Waals surface area contributed by atoms with Crippen LogP contribution in [-0.2, 0) is 6.42 Å². The fraction of sp³-hybridized carbons (Fsp3) is 0.333. The predicted molar refractivity (Wildman–Crippen MR) is 52.9 cm³/mol. The van der Waals surface area contributed by atoms with Gasteiger partial charge < -0.3 is 10.8 Å². The number of benzene rings is 1. The van der Waals surface area contributed by atoms with Crippen LogP contribution in [0.5, 0.6) is 0 Å². The third kappa shape index (κ3) is 2.59. The Morgan fingerprint density at radius 2 is 2.08 bits per heavy atom. The molecule has 3 N–H and O–H groups in total. The van der Waals surface area contributed by atoms with E-state index in [1.165, 1.54) is 0 Å². The van der Waals surface area contributed by atoms with Crippen molar-refractivity contribution in [2.24, 2.45) is 5.73 Å². The van der Waals surface area contributed by atoms with Crippen molar-refractivity contribution in [2.45, 2.75) is 12.5 Å². The summed E-state index contributed by atoms with van der Waals surface area (Å²) in [5.74, 6) is 0. The van der Waals surface area contributed by atoms with E-state index in [1.807, 2.05) is 24.3 Å². The van der Waals surface area contributed by atoms with E-state index < -0.39 is 0 Å². The van der Waals surface area contributed by atoms with Crippen molar-refractivity contribution in [3.05, 3.63) is 34.3 Å². The SMILES string of the molecule is NC(CO)Cc1ccccc1Br. The normalized spacial score (nSPS) is 12.9. The van der Waals surface area contributed by atoms with Gasteiger partial charge in [0, 0.05) is 10.5 Å². The summed E-state index contributed by atoms with van der Waals surface area (Å²) < 4.78 is 1.05. The van der Waals surface area contributed by atoms with Crippen molar-refractivity contribution < 1.29 is 5.11 Å². The maximum atomic E-state index is 8.75. The Morgan fingerprint density at radius 1 is 1.42 bits per heavy atom. The van der Waals surface area contributed by atoms with E-state index in [0.717, 1.165) is 10.0 Å². The van der Waals surface area contributed by atoms with Crippen LogP contribution in [0.2, 0.25) is 0 Å². The van der Waals surface area contributed by atoms with Gasteiger partial charge in [-0.1, -0.05) is 34.1 Å². The minimum atomic E-state index is -0.163. The Bertz CT molecular complexity index is 252. The summed E-state index contributed by atoms with van der Waals surface area (Å²) in [6, 6.07) is 7.73. The fourth-order valence-electron chi connectivity index (χ4n) is 1.01. The lowest BCUT2D eigenvalue weighted by Crippen LogP contribution is -2.26. The smallest absolute Gasteiger partial charge is 0.0585 e. The van der Waals surface area contributed by atoms with Crippen LogP contribution >= 0.6 is 15.9 Å².